The van der Waals surface area contributed by atoms with Gasteiger partial charge in [-0.05, 0) is 31.0 Å². The molecule has 0 spiro atoms. The number of aryl methyl sites for hydroxylation is 1. The van der Waals surface area contributed by atoms with E-state index in [1.807, 2.05) is 0 Å². The van der Waals surface area contributed by atoms with Crippen LogP contribution >= 0.6 is 0 Å². The maximum atomic E-state index is 13.5. The second-order valence-electron chi connectivity index (χ2n) is 6.90. The van der Waals surface area contributed by atoms with Crippen LogP contribution in [-0.4, -0.2) is 50.6 Å². The van der Waals surface area contributed by atoms with E-state index in [-0.39, 0.29) is 17.9 Å². The molecule has 1 aliphatic carbocycles. The lowest BCUT2D eigenvalue weighted by molar-refractivity contribution is -0.0232. The Morgan fingerprint density at radius 2 is 1.85 bits per heavy atom. The highest BCUT2D eigenvalue weighted by molar-refractivity contribution is 5.44. The van der Waals surface area contributed by atoms with Crippen LogP contribution in [0.5, 0.6) is 0 Å². The van der Waals surface area contributed by atoms with E-state index in [0.29, 0.717) is 11.5 Å². The third kappa shape index (κ3) is 3.71. The number of nitrogens with two attached hydrogens (primary N) is 1. The first kappa shape index (κ1) is 19.4. The van der Waals surface area contributed by atoms with Crippen molar-refractivity contribution in [2.24, 2.45) is 5.92 Å². The van der Waals surface area contributed by atoms with E-state index in [0.717, 1.165) is 12.1 Å². The van der Waals surface area contributed by atoms with Crippen molar-refractivity contribution in [3.05, 3.63) is 47.2 Å². The number of benzene rings is 1. The average molecular weight is 380 g/mol. The lowest BCUT2D eigenvalue weighted by Gasteiger charge is -2.28. The van der Waals surface area contributed by atoms with Gasteiger partial charge in [-0.3, -0.25) is 0 Å². The summed E-state index contributed by atoms with van der Waals surface area (Å²) in [6, 6.07) is 4.20. The Labute approximate surface area is 155 Å². The Hall–Kier alpha value is -2.36. The maximum absolute atomic E-state index is 13.5. The molecule has 1 aliphatic rings. The summed E-state index contributed by atoms with van der Waals surface area (Å²) in [5.41, 5.74) is 6.45. The van der Waals surface area contributed by atoms with Crippen LogP contribution in [0, 0.1) is 24.5 Å². The summed E-state index contributed by atoms with van der Waals surface area (Å²) in [6.45, 7) is 1.75. The third-order valence-corrected chi connectivity index (χ3v) is 5.10. The zero-order chi connectivity index (χ0) is 19.9. The van der Waals surface area contributed by atoms with Crippen LogP contribution in [0.3, 0.4) is 0 Å². The molecular weight excluding hydrogens is 358 g/mol. The Kier molecular flexibility index (Phi) is 5.27. The van der Waals surface area contributed by atoms with Crippen molar-refractivity contribution >= 4 is 11.8 Å². The molecule has 2 aromatic rings. The van der Waals surface area contributed by atoms with Crippen LogP contribution in [0.1, 0.15) is 23.8 Å². The van der Waals surface area contributed by atoms with Crippen LogP contribution in [0.25, 0.3) is 0 Å². The zero-order valence-electron chi connectivity index (χ0n) is 14.9. The fraction of sp³-hybridized carbons (Fsp3) is 0.444. The predicted molar refractivity (Wildman–Crippen MR) is 94.8 cm³/mol. The lowest BCUT2D eigenvalue weighted by Crippen LogP contribution is -2.42. The summed E-state index contributed by atoms with van der Waals surface area (Å²) >= 11 is 0. The number of nitrogen functional groups attached to an aromatic ring is 1. The second kappa shape index (κ2) is 7.34. The van der Waals surface area contributed by atoms with Gasteiger partial charge < -0.3 is 26.0 Å². The number of rotatable bonds is 4. The molecule has 5 N–H and O–H groups in total. The molecule has 9 heteroatoms. The SMILES string of the molecule is Cc1cc(N(C)[C@@H]2C[C@H]([C@H](O)c3ccc(F)c(F)c3)[C@@H](O)[C@H]2O)nc(N)n1. The summed E-state index contributed by atoms with van der Waals surface area (Å²) in [5.74, 6) is -2.31. The highest BCUT2D eigenvalue weighted by Crippen LogP contribution is 2.39. The zero-order valence-corrected chi connectivity index (χ0v) is 14.9. The number of aliphatic hydroxyl groups is 3. The number of hydrogen-bond acceptors (Lipinski definition) is 7. The van der Waals surface area contributed by atoms with Gasteiger partial charge in [0.1, 0.15) is 11.9 Å². The molecule has 3 rings (SSSR count). The molecule has 1 aromatic heterocycles. The molecule has 0 unspecified atom stereocenters. The van der Waals surface area contributed by atoms with E-state index in [4.69, 9.17) is 5.73 Å². The third-order valence-electron chi connectivity index (χ3n) is 5.10. The first-order chi connectivity index (χ1) is 12.7. The summed E-state index contributed by atoms with van der Waals surface area (Å²) in [6.07, 6.45) is -3.47. The van der Waals surface area contributed by atoms with Crippen molar-refractivity contribution in [3.8, 4) is 0 Å². The van der Waals surface area contributed by atoms with Crippen molar-refractivity contribution < 1.29 is 24.1 Å². The van der Waals surface area contributed by atoms with Crippen LogP contribution in [-0.2, 0) is 0 Å². The molecule has 5 atom stereocenters. The highest BCUT2D eigenvalue weighted by Gasteiger charge is 2.47. The molecule has 0 bridgehead atoms. The molecule has 7 nitrogen and oxygen atoms in total. The molecule has 0 amide bonds. The number of hydrogen-bond donors (Lipinski definition) is 4. The predicted octanol–water partition coefficient (Wildman–Crippen LogP) is 0.926. The minimum atomic E-state index is -1.26. The Balaban J connectivity index is 1.83. The molecule has 1 heterocycles. The van der Waals surface area contributed by atoms with E-state index < -0.39 is 41.9 Å². The van der Waals surface area contributed by atoms with Gasteiger partial charge >= 0.3 is 0 Å². The van der Waals surface area contributed by atoms with E-state index in [9.17, 15) is 24.1 Å². The fourth-order valence-electron chi connectivity index (χ4n) is 3.61. The van der Waals surface area contributed by atoms with E-state index in [2.05, 4.69) is 9.97 Å². The molecule has 1 fully saturated rings. The Morgan fingerprint density at radius 3 is 2.48 bits per heavy atom. The number of aromatic nitrogens is 2. The smallest absolute Gasteiger partial charge is 0.222 e. The van der Waals surface area contributed by atoms with Gasteiger partial charge in [-0.1, -0.05) is 6.07 Å². The minimum Gasteiger partial charge on any atom is -0.390 e. The largest absolute Gasteiger partial charge is 0.390 e. The summed E-state index contributed by atoms with van der Waals surface area (Å²) in [4.78, 5) is 9.79. The van der Waals surface area contributed by atoms with E-state index in [1.165, 1.54) is 6.07 Å². The topological polar surface area (TPSA) is 116 Å². The van der Waals surface area contributed by atoms with Gasteiger partial charge in [0.05, 0.1) is 18.2 Å². The first-order valence-electron chi connectivity index (χ1n) is 8.52. The van der Waals surface area contributed by atoms with Gasteiger partial charge in [-0.2, -0.15) is 4.98 Å². The average Bonchev–Trinajstić information content (AvgIpc) is 2.90. The molecule has 1 aromatic carbocycles. The standard InChI is InChI=1S/C18H22F2N4O3/c1-8-5-14(23-18(21)22-8)24(2)13-7-10(16(26)17(13)27)15(25)9-3-4-11(19)12(20)6-9/h3-6,10,13,15-17,25-27H,7H2,1-2H3,(H2,21,22,23)/t10-,13-,15-,16-,17+/m1/s1. The van der Waals surface area contributed by atoms with Crippen molar-refractivity contribution in [2.75, 3.05) is 17.7 Å². The van der Waals surface area contributed by atoms with Gasteiger partial charge in [0.2, 0.25) is 5.95 Å². The lowest BCUT2D eigenvalue weighted by atomic mass is 9.92. The molecule has 0 radical (unpaired) electrons. The molecule has 1 saturated carbocycles. The van der Waals surface area contributed by atoms with Crippen LogP contribution in [0.15, 0.2) is 24.3 Å². The normalized spacial score (nSPS) is 26.2. The van der Waals surface area contributed by atoms with E-state index in [1.54, 1.807) is 24.9 Å². The number of aliphatic hydroxyl groups excluding tert-OH is 3. The van der Waals surface area contributed by atoms with Crippen molar-refractivity contribution in [3.63, 3.8) is 0 Å². The van der Waals surface area contributed by atoms with Crippen molar-refractivity contribution in [1.29, 1.82) is 0 Å². The summed E-state index contributed by atoms with van der Waals surface area (Å²) in [7, 11) is 1.69. The molecule has 146 valence electrons. The summed E-state index contributed by atoms with van der Waals surface area (Å²) in [5, 5.41) is 31.5. The van der Waals surface area contributed by atoms with Gasteiger partial charge in [-0.15, -0.1) is 0 Å². The van der Waals surface area contributed by atoms with Crippen LogP contribution in [0.2, 0.25) is 0 Å². The summed E-state index contributed by atoms with van der Waals surface area (Å²) < 4.78 is 26.6. The Morgan fingerprint density at radius 1 is 1.15 bits per heavy atom. The van der Waals surface area contributed by atoms with E-state index >= 15 is 0 Å². The molecule has 27 heavy (non-hydrogen) atoms. The number of nitrogens with zero attached hydrogens (tertiary/aromatic N) is 3. The quantitative estimate of drug-likeness (QED) is 0.623. The minimum absolute atomic E-state index is 0.0863. The van der Waals surface area contributed by atoms with Gasteiger partial charge in [0.15, 0.2) is 11.6 Å². The van der Waals surface area contributed by atoms with Crippen LogP contribution < -0.4 is 10.6 Å². The van der Waals surface area contributed by atoms with Crippen molar-refractivity contribution in [1.82, 2.24) is 9.97 Å². The number of likely N-dealkylation sites (N-methyl/N-ethyl adjacent to an activating group) is 1. The highest BCUT2D eigenvalue weighted by atomic mass is 19.2. The monoisotopic (exact) mass is 380 g/mol. The van der Waals surface area contributed by atoms with Gasteiger partial charge in [0, 0.05) is 24.7 Å². The number of anilines is 2. The second-order valence-corrected chi connectivity index (χ2v) is 6.90. The van der Waals surface area contributed by atoms with Gasteiger partial charge in [0.25, 0.3) is 0 Å². The molecule has 0 aliphatic heterocycles. The maximum Gasteiger partial charge on any atom is 0.222 e. The van der Waals surface area contributed by atoms with Crippen molar-refractivity contribution in [2.45, 2.75) is 37.7 Å². The Bertz CT molecular complexity index is 818. The molecule has 0 saturated heterocycles. The van der Waals surface area contributed by atoms with Crippen LogP contribution in [0.4, 0.5) is 20.5 Å². The first-order valence-corrected chi connectivity index (χ1v) is 8.52. The number of halogens is 2. The fourth-order valence-corrected chi connectivity index (χ4v) is 3.61. The molecular formula is C18H22F2N4O3. The van der Waals surface area contributed by atoms with Gasteiger partial charge in [-0.25, -0.2) is 13.8 Å².